The summed E-state index contributed by atoms with van der Waals surface area (Å²) in [5, 5.41) is 19.3. The van der Waals surface area contributed by atoms with Gasteiger partial charge in [-0.2, -0.15) is 0 Å². The molecule has 14 heavy (non-hydrogen) atoms. The average Bonchev–Trinajstić information content (AvgIpc) is 2.15. The Balaban J connectivity index is 2.57. The van der Waals surface area contributed by atoms with Crippen molar-refractivity contribution in [2.24, 2.45) is 17.4 Å². The van der Waals surface area contributed by atoms with Gasteiger partial charge in [0.2, 0.25) is 0 Å². The van der Waals surface area contributed by atoms with Crippen LogP contribution in [-0.4, -0.2) is 34.5 Å². The van der Waals surface area contributed by atoms with E-state index in [1.165, 1.54) is 0 Å². The van der Waals surface area contributed by atoms with Gasteiger partial charge in [0.25, 0.3) is 0 Å². The van der Waals surface area contributed by atoms with Crippen molar-refractivity contribution in [3.05, 3.63) is 0 Å². The molecule has 0 heterocycles. The molecule has 0 amide bonds. The van der Waals surface area contributed by atoms with Crippen LogP contribution in [0, 0.1) is 5.92 Å². The fraction of sp³-hybridized carbons (Fsp3) is 1.00. The van der Waals surface area contributed by atoms with Gasteiger partial charge in [-0.25, -0.2) is 0 Å². The lowest BCUT2D eigenvalue weighted by Crippen LogP contribution is -2.59. The molecule has 0 aromatic carbocycles. The fourth-order valence-electron chi connectivity index (χ4n) is 2.21. The summed E-state index contributed by atoms with van der Waals surface area (Å²) in [6.45, 7) is 2.09. The van der Waals surface area contributed by atoms with Gasteiger partial charge in [0.15, 0.2) is 0 Å². The third-order valence-electron chi connectivity index (χ3n) is 3.23. The molecule has 84 valence electrons. The van der Waals surface area contributed by atoms with E-state index in [1.54, 1.807) is 0 Å². The minimum atomic E-state index is -0.702. The Labute approximate surface area is 85.3 Å². The minimum Gasteiger partial charge on any atom is -0.390 e. The van der Waals surface area contributed by atoms with Gasteiger partial charge in [0.1, 0.15) is 0 Å². The summed E-state index contributed by atoms with van der Waals surface area (Å²) in [6, 6.07) is -0.366. The van der Waals surface area contributed by atoms with Crippen LogP contribution < -0.4 is 11.5 Å². The number of nitrogens with two attached hydrogens (primary N) is 2. The second-order valence-electron chi connectivity index (χ2n) is 4.34. The summed E-state index contributed by atoms with van der Waals surface area (Å²) in [7, 11) is 0. The molecule has 1 fully saturated rings. The molecule has 1 rings (SSSR count). The maximum atomic E-state index is 9.77. The van der Waals surface area contributed by atoms with Crippen LogP contribution in [0.2, 0.25) is 0 Å². The monoisotopic (exact) mass is 202 g/mol. The van der Waals surface area contributed by atoms with Crippen molar-refractivity contribution >= 4 is 0 Å². The summed E-state index contributed by atoms with van der Waals surface area (Å²) in [4.78, 5) is 0. The molecule has 0 aliphatic heterocycles. The molecule has 4 heteroatoms. The SMILES string of the molecule is CCCCC1[C@H](N)[C@@H](N)C[C@H](O)[C@H]1O. The average molecular weight is 202 g/mol. The molecule has 5 atom stereocenters. The highest BCUT2D eigenvalue weighted by molar-refractivity contribution is 4.96. The van der Waals surface area contributed by atoms with Gasteiger partial charge in [-0.15, -0.1) is 0 Å². The molecular weight excluding hydrogens is 180 g/mol. The predicted octanol–water partition coefficient (Wildman–Crippen LogP) is -0.427. The van der Waals surface area contributed by atoms with E-state index in [2.05, 4.69) is 6.92 Å². The topological polar surface area (TPSA) is 92.5 Å². The molecule has 0 radical (unpaired) electrons. The van der Waals surface area contributed by atoms with Crippen LogP contribution in [0.3, 0.4) is 0 Å². The lowest BCUT2D eigenvalue weighted by atomic mass is 9.75. The Hall–Kier alpha value is -0.160. The smallest absolute Gasteiger partial charge is 0.0843 e. The normalized spacial score (nSPS) is 43.9. The quantitative estimate of drug-likeness (QED) is 0.500. The Kier molecular flexibility index (Phi) is 4.31. The predicted molar refractivity (Wildman–Crippen MR) is 55.6 cm³/mol. The summed E-state index contributed by atoms with van der Waals surface area (Å²) in [6.07, 6.45) is 1.95. The van der Waals surface area contributed by atoms with Crippen LogP contribution in [-0.2, 0) is 0 Å². The molecule has 0 aromatic rings. The van der Waals surface area contributed by atoms with Crippen molar-refractivity contribution in [2.75, 3.05) is 0 Å². The second kappa shape index (κ2) is 5.07. The minimum absolute atomic E-state index is 0.0475. The van der Waals surface area contributed by atoms with E-state index in [1.807, 2.05) is 0 Å². The van der Waals surface area contributed by atoms with Gasteiger partial charge < -0.3 is 21.7 Å². The molecule has 0 aromatic heterocycles. The summed E-state index contributed by atoms with van der Waals surface area (Å²) >= 11 is 0. The number of hydrogen-bond acceptors (Lipinski definition) is 4. The van der Waals surface area contributed by atoms with E-state index in [4.69, 9.17) is 11.5 Å². The first-order valence-corrected chi connectivity index (χ1v) is 5.45. The van der Waals surface area contributed by atoms with Gasteiger partial charge in [-0.1, -0.05) is 19.8 Å². The number of aliphatic hydroxyl groups excluding tert-OH is 2. The maximum absolute atomic E-state index is 9.77. The van der Waals surface area contributed by atoms with E-state index in [9.17, 15) is 10.2 Å². The molecule has 0 saturated heterocycles. The lowest BCUT2D eigenvalue weighted by molar-refractivity contribution is -0.0604. The van der Waals surface area contributed by atoms with Gasteiger partial charge in [0, 0.05) is 18.0 Å². The van der Waals surface area contributed by atoms with Crippen molar-refractivity contribution in [1.82, 2.24) is 0 Å². The highest BCUT2D eigenvalue weighted by Gasteiger charge is 2.39. The Morgan fingerprint density at radius 2 is 1.93 bits per heavy atom. The van der Waals surface area contributed by atoms with Crippen LogP contribution in [0.5, 0.6) is 0 Å². The summed E-state index contributed by atoms with van der Waals surface area (Å²) in [5.74, 6) is -0.0475. The maximum Gasteiger partial charge on any atom is 0.0843 e. The lowest BCUT2D eigenvalue weighted by Gasteiger charge is -2.40. The highest BCUT2D eigenvalue weighted by atomic mass is 16.3. The molecule has 1 aliphatic rings. The first-order chi connectivity index (χ1) is 6.57. The number of hydrogen-bond donors (Lipinski definition) is 4. The van der Waals surface area contributed by atoms with Crippen molar-refractivity contribution in [1.29, 1.82) is 0 Å². The molecule has 0 spiro atoms. The number of unbranched alkanes of at least 4 members (excludes halogenated alkanes) is 1. The standard InChI is InChI=1S/C10H22N2O2/c1-2-3-4-6-9(12)7(11)5-8(13)10(6)14/h6-10,13-14H,2-5,11-12H2,1H3/t6?,7-,8-,9-,10-/m0/s1. The first-order valence-electron chi connectivity index (χ1n) is 5.45. The zero-order valence-corrected chi connectivity index (χ0v) is 8.76. The Bertz CT molecular complexity index is 164. The van der Waals surface area contributed by atoms with Gasteiger partial charge in [-0.3, -0.25) is 0 Å². The first kappa shape index (κ1) is 11.9. The molecule has 0 bridgehead atoms. The van der Waals surface area contributed by atoms with Gasteiger partial charge in [0.05, 0.1) is 12.2 Å². The van der Waals surface area contributed by atoms with Crippen molar-refractivity contribution in [3.8, 4) is 0 Å². The second-order valence-corrected chi connectivity index (χ2v) is 4.34. The fourth-order valence-corrected chi connectivity index (χ4v) is 2.21. The van der Waals surface area contributed by atoms with Crippen LogP contribution in [0.25, 0.3) is 0 Å². The van der Waals surface area contributed by atoms with Crippen LogP contribution in [0.15, 0.2) is 0 Å². The van der Waals surface area contributed by atoms with Gasteiger partial charge >= 0.3 is 0 Å². The summed E-state index contributed by atoms with van der Waals surface area (Å²) in [5.41, 5.74) is 11.7. The van der Waals surface area contributed by atoms with E-state index in [0.29, 0.717) is 6.42 Å². The van der Waals surface area contributed by atoms with E-state index < -0.39 is 12.2 Å². The molecule has 1 aliphatic carbocycles. The highest BCUT2D eigenvalue weighted by Crippen LogP contribution is 2.27. The van der Waals surface area contributed by atoms with Crippen molar-refractivity contribution in [2.45, 2.75) is 56.9 Å². The molecule has 1 saturated carbocycles. The number of aliphatic hydroxyl groups is 2. The zero-order valence-electron chi connectivity index (χ0n) is 8.76. The third-order valence-corrected chi connectivity index (χ3v) is 3.23. The van der Waals surface area contributed by atoms with Crippen LogP contribution >= 0.6 is 0 Å². The van der Waals surface area contributed by atoms with Crippen molar-refractivity contribution in [3.63, 3.8) is 0 Å². The largest absolute Gasteiger partial charge is 0.390 e. The Morgan fingerprint density at radius 3 is 2.50 bits per heavy atom. The zero-order chi connectivity index (χ0) is 10.7. The molecular formula is C10H22N2O2. The molecule has 4 nitrogen and oxygen atoms in total. The van der Waals surface area contributed by atoms with Crippen LogP contribution in [0.4, 0.5) is 0 Å². The number of rotatable bonds is 3. The van der Waals surface area contributed by atoms with E-state index in [0.717, 1.165) is 19.3 Å². The van der Waals surface area contributed by atoms with E-state index in [-0.39, 0.29) is 18.0 Å². The third kappa shape index (κ3) is 2.45. The molecule has 1 unspecified atom stereocenters. The van der Waals surface area contributed by atoms with Crippen LogP contribution in [0.1, 0.15) is 32.6 Å². The Morgan fingerprint density at radius 1 is 1.29 bits per heavy atom. The molecule has 6 N–H and O–H groups in total. The summed E-state index contributed by atoms with van der Waals surface area (Å²) < 4.78 is 0. The van der Waals surface area contributed by atoms with Gasteiger partial charge in [-0.05, 0) is 12.8 Å². The van der Waals surface area contributed by atoms with E-state index >= 15 is 0 Å². The van der Waals surface area contributed by atoms with Crippen molar-refractivity contribution < 1.29 is 10.2 Å².